The molecule has 4 rings (SSSR count). The van der Waals surface area contributed by atoms with Crippen LogP contribution in [0.4, 0.5) is 10.5 Å². The fraction of sp³-hybridized carbons (Fsp3) is 0.423. The van der Waals surface area contributed by atoms with Gasteiger partial charge in [0.15, 0.2) is 0 Å². The van der Waals surface area contributed by atoms with Gasteiger partial charge in [-0.25, -0.2) is 22.9 Å². The molecule has 2 heterocycles. The molecule has 3 aromatic rings. The Hall–Kier alpha value is -2.82. The predicted octanol–water partition coefficient (Wildman–Crippen LogP) is 5.65. The Kier molecular flexibility index (Phi) is 8.07. The van der Waals surface area contributed by atoms with Crippen LogP contribution in [0.25, 0.3) is 10.4 Å². The molecular weight excluding hydrogens is 494 g/mol. The summed E-state index contributed by atoms with van der Waals surface area (Å²) in [6, 6.07) is 9.98. The number of pyridine rings is 1. The van der Waals surface area contributed by atoms with Crippen LogP contribution in [0.15, 0.2) is 53.7 Å². The number of urea groups is 1. The molecule has 192 valence electrons. The summed E-state index contributed by atoms with van der Waals surface area (Å²) in [4.78, 5) is 22.2. The smallest absolute Gasteiger partial charge is 0.319 e. The van der Waals surface area contributed by atoms with E-state index in [1.807, 2.05) is 12.1 Å². The van der Waals surface area contributed by atoms with Gasteiger partial charge in [-0.2, -0.15) is 0 Å². The van der Waals surface area contributed by atoms with Crippen molar-refractivity contribution in [1.29, 1.82) is 0 Å². The highest BCUT2D eigenvalue weighted by molar-refractivity contribution is 7.89. The van der Waals surface area contributed by atoms with E-state index in [-0.39, 0.29) is 11.4 Å². The predicted molar refractivity (Wildman–Crippen MR) is 144 cm³/mol. The number of benzene rings is 1. The molecule has 2 aromatic heterocycles. The maximum Gasteiger partial charge on any atom is 0.319 e. The van der Waals surface area contributed by atoms with Crippen molar-refractivity contribution < 1.29 is 13.2 Å². The average Bonchev–Trinajstić information content (AvgIpc) is 3.33. The number of carbonyl (C=O) groups excluding carboxylic acids is 1. The molecule has 1 saturated carbocycles. The Morgan fingerprint density at radius 2 is 1.86 bits per heavy atom. The first-order chi connectivity index (χ1) is 17.1. The van der Waals surface area contributed by atoms with Crippen LogP contribution in [0.2, 0.25) is 0 Å². The normalized spacial score (nSPS) is 15.0. The van der Waals surface area contributed by atoms with Gasteiger partial charge in [0.25, 0.3) is 0 Å². The van der Waals surface area contributed by atoms with Crippen molar-refractivity contribution in [2.45, 2.75) is 75.8 Å². The number of nitrogens with zero attached hydrogens (tertiary/aromatic N) is 2. The third-order valence-corrected chi connectivity index (χ3v) is 8.86. The van der Waals surface area contributed by atoms with E-state index >= 15 is 0 Å². The van der Waals surface area contributed by atoms with Gasteiger partial charge < -0.3 is 10.6 Å². The van der Waals surface area contributed by atoms with E-state index < -0.39 is 21.6 Å². The average molecular weight is 528 g/mol. The van der Waals surface area contributed by atoms with Crippen LogP contribution in [0.5, 0.6) is 0 Å². The number of hydrogen-bond donors (Lipinski definition) is 3. The topological polar surface area (TPSA) is 113 Å². The lowest BCUT2D eigenvalue weighted by Crippen LogP contribution is -2.40. The number of aromatic nitrogens is 2. The van der Waals surface area contributed by atoms with E-state index in [4.69, 9.17) is 0 Å². The molecule has 0 atom stereocenters. The largest absolute Gasteiger partial charge is 0.332 e. The zero-order chi connectivity index (χ0) is 25.8. The molecular formula is C26H33N5O3S2. The summed E-state index contributed by atoms with van der Waals surface area (Å²) in [7, 11) is -3.88. The van der Waals surface area contributed by atoms with Gasteiger partial charge in [-0.3, -0.25) is 4.98 Å². The van der Waals surface area contributed by atoms with Gasteiger partial charge >= 0.3 is 6.03 Å². The second-order valence-electron chi connectivity index (χ2n) is 10.1. The summed E-state index contributed by atoms with van der Waals surface area (Å²) >= 11 is 1.56. The third-order valence-electron chi connectivity index (χ3n) is 5.87. The highest BCUT2D eigenvalue weighted by atomic mass is 32.2. The van der Waals surface area contributed by atoms with Crippen LogP contribution in [0, 0.1) is 0 Å². The number of rotatable bonds is 7. The minimum atomic E-state index is -3.88. The molecule has 1 aromatic carbocycles. The Morgan fingerprint density at radius 3 is 2.56 bits per heavy atom. The van der Waals surface area contributed by atoms with E-state index in [1.54, 1.807) is 62.7 Å². The molecule has 0 spiro atoms. The molecule has 0 saturated heterocycles. The first kappa shape index (κ1) is 26.2. The van der Waals surface area contributed by atoms with E-state index in [2.05, 4.69) is 25.3 Å². The van der Waals surface area contributed by atoms with Crippen molar-refractivity contribution in [3.05, 3.63) is 59.5 Å². The van der Waals surface area contributed by atoms with Crippen LogP contribution < -0.4 is 15.4 Å². The minimum absolute atomic E-state index is 0.110. The van der Waals surface area contributed by atoms with Crippen LogP contribution in [-0.2, 0) is 16.6 Å². The lowest BCUT2D eigenvalue weighted by Gasteiger charge is -2.22. The zero-order valence-electron chi connectivity index (χ0n) is 20.9. The monoisotopic (exact) mass is 527 g/mol. The molecule has 1 aliphatic rings. The summed E-state index contributed by atoms with van der Waals surface area (Å²) in [6.07, 6.45) is 9.35. The highest BCUT2D eigenvalue weighted by Gasteiger charge is 2.27. The number of thiazole rings is 1. The second-order valence-corrected chi connectivity index (χ2v) is 12.8. The number of anilines is 1. The Bertz CT molecular complexity index is 1290. The SMILES string of the molecule is CC(C)(C)NS(=O)(=O)c1cc(NC(=O)NCc2ccccn2)ccc1-c1cnc(C2CCCCC2)s1. The molecule has 1 fully saturated rings. The van der Waals surface area contributed by atoms with Crippen LogP contribution in [0.3, 0.4) is 0 Å². The molecule has 2 amide bonds. The number of carbonyl (C=O) groups is 1. The minimum Gasteiger partial charge on any atom is -0.332 e. The Labute approximate surface area is 217 Å². The molecule has 36 heavy (non-hydrogen) atoms. The molecule has 8 nitrogen and oxygen atoms in total. The van der Waals surface area contributed by atoms with Crippen molar-refractivity contribution >= 4 is 33.1 Å². The van der Waals surface area contributed by atoms with Crippen LogP contribution >= 0.6 is 11.3 Å². The van der Waals surface area contributed by atoms with Crippen LogP contribution in [-0.4, -0.2) is 30.0 Å². The Morgan fingerprint density at radius 1 is 1.08 bits per heavy atom. The molecule has 0 radical (unpaired) electrons. The number of amides is 2. The summed E-state index contributed by atoms with van der Waals surface area (Å²) in [6.45, 7) is 5.65. The van der Waals surface area contributed by atoms with Gasteiger partial charge in [0.1, 0.15) is 0 Å². The lowest BCUT2D eigenvalue weighted by atomic mass is 9.90. The number of hydrogen-bond acceptors (Lipinski definition) is 6. The Balaban J connectivity index is 1.60. The van der Waals surface area contributed by atoms with Gasteiger partial charge in [0.2, 0.25) is 10.0 Å². The molecule has 1 aliphatic carbocycles. The van der Waals surface area contributed by atoms with Crippen molar-refractivity contribution in [3.8, 4) is 10.4 Å². The maximum absolute atomic E-state index is 13.4. The molecule has 0 bridgehead atoms. The van der Waals surface area contributed by atoms with Crippen molar-refractivity contribution in [2.24, 2.45) is 0 Å². The summed E-state index contributed by atoms with van der Waals surface area (Å²) in [5.74, 6) is 0.439. The third kappa shape index (κ3) is 6.89. The maximum atomic E-state index is 13.4. The highest BCUT2D eigenvalue weighted by Crippen LogP contribution is 2.39. The molecule has 0 aliphatic heterocycles. The first-order valence-corrected chi connectivity index (χ1v) is 14.5. The second kappa shape index (κ2) is 11.1. The van der Waals surface area contributed by atoms with E-state index in [0.717, 1.165) is 28.4 Å². The van der Waals surface area contributed by atoms with Gasteiger partial charge in [0, 0.05) is 35.1 Å². The first-order valence-electron chi connectivity index (χ1n) is 12.2. The standard InChI is InChI=1S/C26H33N5O3S2/c1-26(2,3)31-36(33,34)23-15-19(30-25(32)29-16-20-11-7-8-14-27-20)12-13-21(23)22-17-28-24(35-22)18-9-5-4-6-10-18/h7-8,11-15,17-18,31H,4-6,9-10,16H2,1-3H3,(H2,29,30,32). The molecule has 3 N–H and O–H groups in total. The number of nitrogens with one attached hydrogen (secondary N) is 3. The van der Waals surface area contributed by atoms with E-state index in [0.29, 0.717) is 17.2 Å². The van der Waals surface area contributed by atoms with E-state index in [9.17, 15) is 13.2 Å². The van der Waals surface area contributed by atoms with Crippen molar-refractivity contribution in [3.63, 3.8) is 0 Å². The van der Waals surface area contributed by atoms with Crippen LogP contribution in [0.1, 0.15) is 69.5 Å². The van der Waals surface area contributed by atoms with Gasteiger partial charge in [-0.05, 0) is 57.9 Å². The zero-order valence-corrected chi connectivity index (χ0v) is 22.5. The van der Waals surface area contributed by atoms with Gasteiger partial charge in [0.05, 0.1) is 27.0 Å². The van der Waals surface area contributed by atoms with Crippen molar-refractivity contribution in [2.75, 3.05) is 5.32 Å². The van der Waals surface area contributed by atoms with E-state index in [1.165, 1.54) is 25.3 Å². The molecule has 10 heteroatoms. The molecule has 0 unspecified atom stereocenters. The summed E-state index contributed by atoms with van der Waals surface area (Å²) in [5, 5.41) is 6.55. The fourth-order valence-corrected chi connectivity index (χ4v) is 7.14. The lowest BCUT2D eigenvalue weighted by molar-refractivity contribution is 0.251. The van der Waals surface area contributed by atoms with Gasteiger partial charge in [-0.1, -0.05) is 31.4 Å². The fourth-order valence-electron chi connectivity index (χ4n) is 4.28. The van der Waals surface area contributed by atoms with Crippen molar-refractivity contribution in [1.82, 2.24) is 20.0 Å². The summed E-state index contributed by atoms with van der Waals surface area (Å²) in [5.41, 5.74) is 1.01. The number of sulfonamides is 1. The summed E-state index contributed by atoms with van der Waals surface area (Å²) < 4.78 is 29.6. The quantitative estimate of drug-likeness (QED) is 0.367. The van der Waals surface area contributed by atoms with Gasteiger partial charge in [-0.15, -0.1) is 11.3 Å².